The minimum atomic E-state index is -4.64. The molecule has 1 saturated heterocycles. The van der Waals surface area contributed by atoms with Crippen LogP contribution >= 0.6 is 0 Å². The lowest BCUT2D eigenvalue weighted by molar-refractivity contribution is -0.165. The van der Waals surface area contributed by atoms with Gasteiger partial charge in [-0.2, -0.15) is 13.2 Å². The summed E-state index contributed by atoms with van der Waals surface area (Å²) in [6.45, 7) is 0.168. The summed E-state index contributed by atoms with van der Waals surface area (Å²) < 4.78 is 41.1. The van der Waals surface area contributed by atoms with Gasteiger partial charge in [-0.05, 0) is 19.3 Å². The second-order valence-electron chi connectivity index (χ2n) is 5.63. The zero-order valence-corrected chi connectivity index (χ0v) is 12.6. The summed E-state index contributed by atoms with van der Waals surface area (Å²) in [5, 5.41) is 9.15. The van der Waals surface area contributed by atoms with Crippen molar-refractivity contribution >= 4 is 11.9 Å². The van der Waals surface area contributed by atoms with Crippen molar-refractivity contribution in [1.29, 1.82) is 0 Å². The van der Waals surface area contributed by atoms with E-state index in [4.69, 9.17) is 5.11 Å². The first-order valence-corrected chi connectivity index (χ1v) is 7.28. The molecule has 2 atom stereocenters. The number of rotatable bonds is 4. The SMILES string of the molecule is Cn1ccnc1[C@@H](CC(=O)N1CCCC[C@H]1C(=O)O)C(F)(F)F. The van der Waals surface area contributed by atoms with Crippen molar-refractivity contribution in [1.82, 2.24) is 14.5 Å². The van der Waals surface area contributed by atoms with Gasteiger partial charge in [0.05, 0.1) is 0 Å². The molecule has 6 nitrogen and oxygen atoms in total. The Balaban J connectivity index is 2.21. The van der Waals surface area contributed by atoms with E-state index in [2.05, 4.69) is 4.98 Å². The van der Waals surface area contributed by atoms with Crippen LogP contribution in [0.25, 0.3) is 0 Å². The zero-order chi connectivity index (χ0) is 17.2. The highest BCUT2D eigenvalue weighted by Gasteiger charge is 2.46. The minimum absolute atomic E-state index is 0.168. The predicted molar refractivity (Wildman–Crippen MR) is 73.6 cm³/mol. The van der Waals surface area contributed by atoms with Gasteiger partial charge < -0.3 is 14.6 Å². The molecule has 2 heterocycles. The van der Waals surface area contributed by atoms with E-state index in [-0.39, 0.29) is 18.8 Å². The van der Waals surface area contributed by atoms with Crippen LogP contribution in [0.3, 0.4) is 0 Å². The normalized spacial score (nSPS) is 20.3. The maximum Gasteiger partial charge on any atom is 0.399 e. The summed E-state index contributed by atoms with van der Waals surface area (Å²) in [4.78, 5) is 28.2. The monoisotopic (exact) mass is 333 g/mol. The van der Waals surface area contributed by atoms with E-state index in [0.717, 1.165) is 4.90 Å². The number of nitrogens with zero attached hydrogens (tertiary/aromatic N) is 3. The summed E-state index contributed by atoms with van der Waals surface area (Å²) in [5.41, 5.74) is 0. The van der Waals surface area contributed by atoms with Crippen molar-refractivity contribution in [3.05, 3.63) is 18.2 Å². The third-order valence-corrected chi connectivity index (χ3v) is 4.05. The number of carbonyl (C=O) groups is 2. The van der Waals surface area contributed by atoms with Crippen LogP contribution in [0.5, 0.6) is 0 Å². The lowest BCUT2D eigenvalue weighted by Gasteiger charge is -2.34. The van der Waals surface area contributed by atoms with Crippen molar-refractivity contribution in [3.8, 4) is 0 Å². The Hall–Kier alpha value is -2.06. The molecule has 1 aliphatic heterocycles. The first kappa shape index (κ1) is 17.3. The van der Waals surface area contributed by atoms with Crippen LogP contribution in [0, 0.1) is 0 Å². The van der Waals surface area contributed by atoms with E-state index in [9.17, 15) is 22.8 Å². The van der Waals surface area contributed by atoms with Gasteiger partial charge in [0.15, 0.2) is 0 Å². The van der Waals surface area contributed by atoms with Gasteiger partial charge in [0.1, 0.15) is 17.8 Å². The van der Waals surface area contributed by atoms with Crippen LogP contribution in [-0.4, -0.2) is 50.2 Å². The van der Waals surface area contributed by atoms with E-state index < -0.39 is 36.4 Å². The molecule has 2 rings (SSSR count). The fourth-order valence-corrected chi connectivity index (χ4v) is 2.85. The topological polar surface area (TPSA) is 75.4 Å². The van der Waals surface area contributed by atoms with Crippen LogP contribution in [-0.2, 0) is 16.6 Å². The third kappa shape index (κ3) is 3.83. The number of hydrogen-bond acceptors (Lipinski definition) is 3. The summed E-state index contributed by atoms with van der Waals surface area (Å²) in [6, 6.07) is -1.05. The molecule has 0 bridgehead atoms. The van der Waals surface area contributed by atoms with Gasteiger partial charge in [-0.25, -0.2) is 9.78 Å². The molecule has 0 unspecified atom stereocenters. The highest BCUT2D eigenvalue weighted by atomic mass is 19.4. The molecule has 1 aliphatic rings. The van der Waals surface area contributed by atoms with Gasteiger partial charge in [0.2, 0.25) is 5.91 Å². The minimum Gasteiger partial charge on any atom is -0.480 e. The number of carboxylic acids is 1. The van der Waals surface area contributed by atoms with E-state index in [0.29, 0.717) is 12.8 Å². The molecule has 0 saturated carbocycles. The molecule has 0 radical (unpaired) electrons. The van der Waals surface area contributed by atoms with E-state index >= 15 is 0 Å². The first-order chi connectivity index (χ1) is 10.7. The molecule has 9 heteroatoms. The molecular weight excluding hydrogens is 315 g/mol. The molecule has 1 N–H and O–H groups in total. The number of hydrogen-bond donors (Lipinski definition) is 1. The quantitative estimate of drug-likeness (QED) is 0.913. The molecule has 1 aromatic heterocycles. The third-order valence-electron chi connectivity index (χ3n) is 4.05. The number of aryl methyl sites for hydroxylation is 1. The lowest BCUT2D eigenvalue weighted by atomic mass is 9.98. The first-order valence-electron chi connectivity index (χ1n) is 7.28. The fourth-order valence-electron chi connectivity index (χ4n) is 2.85. The Kier molecular flexibility index (Phi) is 4.96. The van der Waals surface area contributed by atoms with Crippen LogP contribution < -0.4 is 0 Å². The van der Waals surface area contributed by atoms with Gasteiger partial charge >= 0.3 is 12.1 Å². The molecule has 0 aliphatic carbocycles. The second kappa shape index (κ2) is 6.59. The number of imidazole rings is 1. The smallest absolute Gasteiger partial charge is 0.399 e. The van der Waals surface area contributed by atoms with Crippen LogP contribution in [0.1, 0.15) is 37.4 Å². The maximum absolute atomic E-state index is 13.3. The summed E-state index contributed by atoms with van der Waals surface area (Å²) in [5.74, 6) is -4.29. The van der Waals surface area contributed by atoms with Gasteiger partial charge in [0, 0.05) is 32.4 Å². The Morgan fingerprint density at radius 2 is 2.13 bits per heavy atom. The molecule has 1 aromatic rings. The van der Waals surface area contributed by atoms with E-state index in [1.165, 1.54) is 24.0 Å². The Morgan fingerprint density at radius 1 is 1.43 bits per heavy atom. The number of carbonyl (C=O) groups excluding carboxylic acids is 1. The number of likely N-dealkylation sites (tertiary alicyclic amines) is 1. The highest BCUT2D eigenvalue weighted by Crippen LogP contribution is 2.37. The lowest BCUT2D eigenvalue weighted by Crippen LogP contribution is -2.48. The maximum atomic E-state index is 13.3. The van der Waals surface area contributed by atoms with Crippen molar-refractivity contribution in [2.75, 3.05) is 6.54 Å². The summed E-state index contributed by atoms with van der Waals surface area (Å²) in [7, 11) is 1.42. The van der Waals surface area contributed by atoms with Crippen molar-refractivity contribution < 1.29 is 27.9 Å². The largest absolute Gasteiger partial charge is 0.480 e. The average molecular weight is 333 g/mol. The standard InChI is InChI=1S/C14H18F3N3O3/c1-19-7-5-18-12(19)9(14(15,16)17)8-11(21)20-6-3-2-4-10(20)13(22)23/h5,7,9-10H,2-4,6,8H2,1H3,(H,22,23)/t9-,10+/m1/s1. The number of alkyl halides is 3. The molecule has 1 amide bonds. The molecule has 0 spiro atoms. The Labute approximate surface area is 130 Å². The summed E-state index contributed by atoms with van der Waals surface area (Å²) in [6.07, 6.45) is -1.36. The number of aliphatic carboxylic acids is 1. The number of aromatic nitrogens is 2. The van der Waals surface area contributed by atoms with Crippen molar-refractivity contribution in [3.63, 3.8) is 0 Å². The Morgan fingerprint density at radius 3 is 2.65 bits per heavy atom. The molecule has 128 valence electrons. The molecular formula is C14H18F3N3O3. The van der Waals surface area contributed by atoms with Crippen LogP contribution in [0.2, 0.25) is 0 Å². The van der Waals surface area contributed by atoms with Gasteiger partial charge in [-0.3, -0.25) is 4.79 Å². The van der Waals surface area contributed by atoms with E-state index in [1.54, 1.807) is 0 Å². The van der Waals surface area contributed by atoms with Crippen LogP contribution in [0.15, 0.2) is 12.4 Å². The fraction of sp³-hybridized carbons (Fsp3) is 0.643. The number of amides is 1. The van der Waals surface area contributed by atoms with Crippen LogP contribution in [0.4, 0.5) is 13.2 Å². The number of carboxylic acid groups (broad SMARTS) is 1. The van der Waals surface area contributed by atoms with Gasteiger partial charge in [0.25, 0.3) is 0 Å². The highest BCUT2D eigenvalue weighted by molar-refractivity contribution is 5.84. The number of piperidine rings is 1. The van der Waals surface area contributed by atoms with Crippen molar-refractivity contribution in [2.24, 2.45) is 7.05 Å². The molecule has 23 heavy (non-hydrogen) atoms. The molecule has 0 aromatic carbocycles. The zero-order valence-electron chi connectivity index (χ0n) is 12.6. The number of halogens is 3. The average Bonchev–Trinajstić information content (AvgIpc) is 2.89. The summed E-state index contributed by atoms with van der Waals surface area (Å²) >= 11 is 0. The second-order valence-corrected chi connectivity index (χ2v) is 5.63. The molecule has 1 fully saturated rings. The van der Waals surface area contributed by atoms with Gasteiger partial charge in [-0.15, -0.1) is 0 Å². The van der Waals surface area contributed by atoms with E-state index in [1.807, 2.05) is 0 Å². The Bertz CT molecular complexity index is 585. The van der Waals surface area contributed by atoms with Gasteiger partial charge in [-0.1, -0.05) is 0 Å². The van der Waals surface area contributed by atoms with Crippen molar-refractivity contribution in [2.45, 2.75) is 43.8 Å². The predicted octanol–water partition coefficient (Wildman–Crippen LogP) is 1.92.